The number of ether oxygens (including phenoxy) is 1. The van der Waals surface area contributed by atoms with Crippen molar-refractivity contribution >= 4 is 40.5 Å². The topological polar surface area (TPSA) is 57.0 Å². The first-order valence-electron chi connectivity index (χ1n) is 10.4. The van der Waals surface area contributed by atoms with Gasteiger partial charge in [-0.05, 0) is 66.7 Å². The summed E-state index contributed by atoms with van der Waals surface area (Å²) in [7, 11) is 0. The quantitative estimate of drug-likeness (QED) is 0.200. The summed E-state index contributed by atoms with van der Waals surface area (Å²) in [4.78, 5) is 21.4. The van der Waals surface area contributed by atoms with Gasteiger partial charge in [-0.3, -0.25) is 4.98 Å². The van der Waals surface area contributed by atoms with Crippen LogP contribution in [-0.4, -0.2) is 32.6 Å². The Morgan fingerprint density at radius 2 is 1.94 bits per heavy atom. The van der Waals surface area contributed by atoms with Crippen molar-refractivity contribution in [2.24, 2.45) is 0 Å². The number of hydrogen-bond acceptors (Lipinski definition) is 6. The second kappa shape index (κ2) is 10.5. The van der Waals surface area contributed by atoms with Gasteiger partial charge in [0.1, 0.15) is 0 Å². The first-order valence-corrected chi connectivity index (χ1v) is 12.2. The van der Waals surface area contributed by atoms with E-state index in [1.807, 2.05) is 28.8 Å². The molecule has 0 fully saturated rings. The van der Waals surface area contributed by atoms with Crippen molar-refractivity contribution in [3.63, 3.8) is 0 Å². The summed E-state index contributed by atoms with van der Waals surface area (Å²) in [6.07, 6.45) is 1.71. The number of nitrogens with zero attached hydrogens (tertiary/aromatic N) is 3. The third kappa shape index (κ3) is 6.12. The highest BCUT2D eigenvalue weighted by atomic mass is 32.2. The third-order valence-electron chi connectivity index (χ3n) is 4.77. The maximum Gasteiger partial charge on any atom is 0.446 e. The van der Waals surface area contributed by atoms with Crippen molar-refractivity contribution < 1.29 is 22.7 Å². The number of carbonyl (C=O) groups is 1. The molecule has 0 atom stereocenters. The van der Waals surface area contributed by atoms with Gasteiger partial charge in [0.15, 0.2) is 5.16 Å². The molecule has 2 aromatic carbocycles. The molecule has 0 aliphatic carbocycles. The lowest BCUT2D eigenvalue weighted by Crippen LogP contribution is -2.05. The molecule has 5 nitrogen and oxygen atoms in total. The van der Waals surface area contributed by atoms with Crippen LogP contribution in [0.25, 0.3) is 11.0 Å². The Kier molecular flexibility index (Phi) is 7.47. The van der Waals surface area contributed by atoms with E-state index in [1.54, 1.807) is 37.4 Å². The Bertz CT molecular complexity index is 1290. The van der Waals surface area contributed by atoms with Gasteiger partial charge in [-0.2, -0.15) is 13.2 Å². The molecule has 0 saturated carbocycles. The number of rotatable bonds is 8. The average molecular weight is 504 g/mol. The van der Waals surface area contributed by atoms with Crippen molar-refractivity contribution in [1.29, 1.82) is 0 Å². The van der Waals surface area contributed by atoms with E-state index in [0.717, 1.165) is 16.8 Å². The molecular formula is C24H20F3N3O2S2. The zero-order valence-electron chi connectivity index (χ0n) is 18.1. The monoisotopic (exact) mass is 503 g/mol. The molecule has 0 N–H and O–H groups in total. The lowest BCUT2D eigenvalue weighted by molar-refractivity contribution is -0.0328. The summed E-state index contributed by atoms with van der Waals surface area (Å²) in [6.45, 7) is 2.48. The molecule has 0 spiro atoms. The van der Waals surface area contributed by atoms with Gasteiger partial charge in [0.25, 0.3) is 0 Å². The third-order valence-corrected chi connectivity index (χ3v) is 6.54. The molecular weight excluding hydrogens is 483 g/mol. The van der Waals surface area contributed by atoms with Crippen LogP contribution in [0.4, 0.5) is 13.2 Å². The number of hydrogen-bond donors (Lipinski definition) is 0. The van der Waals surface area contributed by atoms with Crippen LogP contribution in [0, 0.1) is 0 Å². The maximum absolute atomic E-state index is 12.7. The van der Waals surface area contributed by atoms with Gasteiger partial charge in [-0.15, -0.1) is 0 Å². The zero-order chi connectivity index (χ0) is 24.1. The van der Waals surface area contributed by atoms with Gasteiger partial charge in [-0.1, -0.05) is 30.0 Å². The van der Waals surface area contributed by atoms with Gasteiger partial charge < -0.3 is 9.30 Å². The second-order valence-electron chi connectivity index (χ2n) is 7.21. The SMILES string of the molecule is CCOC(=O)c1ccc2c(c1)nc(SCc1cccc(SC(F)(F)F)c1)n2Cc1ccccn1. The normalized spacial score (nSPS) is 11.6. The van der Waals surface area contributed by atoms with Crippen LogP contribution in [0.3, 0.4) is 0 Å². The van der Waals surface area contributed by atoms with Crippen molar-refractivity contribution in [3.8, 4) is 0 Å². The van der Waals surface area contributed by atoms with Crippen molar-refractivity contribution in [2.75, 3.05) is 6.61 Å². The predicted molar refractivity (Wildman–Crippen MR) is 127 cm³/mol. The molecule has 4 rings (SSSR count). The fourth-order valence-corrected chi connectivity index (χ4v) is 4.93. The Morgan fingerprint density at radius 1 is 1.09 bits per heavy atom. The van der Waals surface area contributed by atoms with Crippen molar-refractivity contribution in [3.05, 3.63) is 83.7 Å². The fourth-order valence-electron chi connectivity index (χ4n) is 3.35. The lowest BCUT2D eigenvalue weighted by atomic mass is 10.2. The van der Waals surface area contributed by atoms with Gasteiger partial charge in [-0.25, -0.2) is 9.78 Å². The van der Waals surface area contributed by atoms with Gasteiger partial charge >= 0.3 is 11.5 Å². The van der Waals surface area contributed by atoms with E-state index in [1.165, 1.54) is 23.9 Å². The molecule has 0 radical (unpaired) electrons. The number of fused-ring (bicyclic) bond motifs is 1. The van der Waals surface area contributed by atoms with E-state index in [-0.39, 0.29) is 23.3 Å². The molecule has 2 heterocycles. The van der Waals surface area contributed by atoms with E-state index in [2.05, 4.69) is 4.98 Å². The van der Waals surface area contributed by atoms with E-state index < -0.39 is 11.5 Å². The number of thioether (sulfide) groups is 2. The summed E-state index contributed by atoms with van der Waals surface area (Å²) < 4.78 is 45.3. The summed E-state index contributed by atoms with van der Waals surface area (Å²) in [5.41, 5.74) is -0.887. The van der Waals surface area contributed by atoms with E-state index in [9.17, 15) is 18.0 Å². The van der Waals surface area contributed by atoms with Gasteiger partial charge in [0.05, 0.1) is 35.4 Å². The number of halogens is 3. The minimum absolute atomic E-state index is 0.129. The second-order valence-corrected chi connectivity index (χ2v) is 9.29. The molecule has 0 saturated heterocycles. The number of esters is 1. The molecule has 0 amide bonds. The van der Waals surface area contributed by atoms with E-state index in [4.69, 9.17) is 9.72 Å². The number of benzene rings is 2. The molecule has 10 heteroatoms. The first-order chi connectivity index (χ1) is 16.3. The van der Waals surface area contributed by atoms with E-state index >= 15 is 0 Å². The number of pyridine rings is 1. The van der Waals surface area contributed by atoms with Crippen molar-refractivity contribution in [1.82, 2.24) is 14.5 Å². The van der Waals surface area contributed by atoms with Crippen LogP contribution in [0.5, 0.6) is 0 Å². The van der Waals surface area contributed by atoms with Crippen LogP contribution < -0.4 is 0 Å². The van der Waals surface area contributed by atoms with Crippen LogP contribution in [0.2, 0.25) is 0 Å². The highest BCUT2D eigenvalue weighted by molar-refractivity contribution is 8.00. The Balaban J connectivity index is 1.64. The lowest BCUT2D eigenvalue weighted by Gasteiger charge is -2.10. The van der Waals surface area contributed by atoms with Crippen LogP contribution >= 0.6 is 23.5 Å². The summed E-state index contributed by atoms with van der Waals surface area (Å²) in [5, 5.41) is 0.676. The van der Waals surface area contributed by atoms with Crippen LogP contribution in [0.1, 0.15) is 28.5 Å². The number of alkyl halides is 3. The van der Waals surface area contributed by atoms with Crippen molar-refractivity contribution in [2.45, 2.75) is 34.8 Å². The van der Waals surface area contributed by atoms with E-state index in [0.29, 0.717) is 28.5 Å². The number of imidazole rings is 1. The van der Waals surface area contributed by atoms with Gasteiger partial charge in [0.2, 0.25) is 0 Å². The van der Waals surface area contributed by atoms with Gasteiger partial charge in [0, 0.05) is 16.8 Å². The Hall–Kier alpha value is -2.98. The maximum atomic E-state index is 12.7. The fraction of sp³-hybridized carbons (Fsp3) is 0.208. The number of aromatic nitrogens is 3. The summed E-state index contributed by atoms with van der Waals surface area (Å²) in [5.74, 6) is 0.0135. The molecule has 4 aromatic rings. The highest BCUT2D eigenvalue weighted by Gasteiger charge is 2.29. The minimum atomic E-state index is -4.33. The van der Waals surface area contributed by atoms with Crippen LogP contribution in [0.15, 0.2) is 76.9 Å². The largest absolute Gasteiger partial charge is 0.462 e. The average Bonchev–Trinajstić information content (AvgIpc) is 3.14. The molecule has 34 heavy (non-hydrogen) atoms. The zero-order valence-corrected chi connectivity index (χ0v) is 19.7. The molecule has 176 valence electrons. The summed E-state index contributed by atoms with van der Waals surface area (Å²) in [6, 6.07) is 17.2. The molecule has 2 aromatic heterocycles. The first kappa shape index (κ1) is 24.2. The highest BCUT2D eigenvalue weighted by Crippen LogP contribution is 2.37. The molecule has 0 bridgehead atoms. The Labute approximate surface area is 202 Å². The standard InChI is InChI=1S/C24H20F3N3O2S2/c1-2-32-22(31)17-9-10-21-20(13-17)29-23(30(21)14-18-7-3-4-11-28-18)33-15-16-6-5-8-19(12-16)34-24(25,26)27/h3-13H,2,14-15H2,1H3. The predicted octanol–water partition coefficient (Wildman–Crippen LogP) is 6.56. The molecule has 0 unspecified atom stereocenters. The van der Waals surface area contributed by atoms with Crippen LogP contribution in [-0.2, 0) is 17.0 Å². The molecule has 0 aliphatic rings. The minimum Gasteiger partial charge on any atom is -0.462 e. The smallest absolute Gasteiger partial charge is 0.446 e. The Morgan fingerprint density at radius 3 is 2.68 bits per heavy atom. The number of carbonyl (C=O) groups excluding carboxylic acids is 1. The summed E-state index contributed by atoms with van der Waals surface area (Å²) >= 11 is 1.29. The molecule has 0 aliphatic heterocycles.